The summed E-state index contributed by atoms with van der Waals surface area (Å²) in [5.41, 5.74) is 2.44. The van der Waals surface area contributed by atoms with Crippen molar-refractivity contribution in [3.05, 3.63) is 48.0 Å². The number of hydrogen-bond acceptors (Lipinski definition) is 3. The predicted octanol–water partition coefficient (Wildman–Crippen LogP) is 3.72. The van der Waals surface area contributed by atoms with Crippen LogP contribution in [0.1, 0.15) is 43.9 Å². The van der Waals surface area contributed by atoms with Crippen molar-refractivity contribution in [1.29, 1.82) is 0 Å². The summed E-state index contributed by atoms with van der Waals surface area (Å²) in [4.78, 5) is 18.0. The van der Waals surface area contributed by atoms with Crippen molar-refractivity contribution in [3.63, 3.8) is 0 Å². The largest absolute Gasteiger partial charge is 0.494 e. The number of imidazole rings is 1. The number of nitrogens with one attached hydrogen (secondary N) is 1. The number of Topliss-reactive ketones (excluding diaryl/α,β-unsaturated/α-hetero) is 1. The predicted molar refractivity (Wildman–Crippen MR) is 87.1 cm³/mol. The summed E-state index contributed by atoms with van der Waals surface area (Å²) in [5.74, 6) is 1.19. The lowest BCUT2D eigenvalue weighted by Gasteiger charge is -2.07. The Morgan fingerprint density at radius 3 is 2.64 bits per heavy atom. The van der Waals surface area contributed by atoms with Gasteiger partial charge in [0.2, 0.25) is 0 Å². The van der Waals surface area contributed by atoms with E-state index in [9.17, 15) is 4.79 Å². The van der Waals surface area contributed by atoms with E-state index in [0.29, 0.717) is 13.0 Å². The molecule has 0 unspecified atom stereocenters. The third-order valence-corrected chi connectivity index (χ3v) is 3.58. The Kier molecular flexibility index (Phi) is 6.68. The number of benzene rings is 1. The van der Waals surface area contributed by atoms with Gasteiger partial charge in [-0.2, -0.15) is 0 Å². The maximum Gasteiger partial charge on any atom is 0.129 e. The average Bonchev–Trinajstić information content (AvgIpc) is 3.02. The molecule has 118 valence electrons. The van der Waals surface area contributed by atoms with Crippen LogP contribution in [0.15, 0.2) is 36.8 Å². The Labute approximate surface area is 131 Å². The van der Waals surface area contributed by atoms with Crippen LogP contribution in [0.4, 0.5) is 0 Å². The van der Waals surface area contributed by atoms with Crippen molar-refractivity contribution in [2.45, 2.75) is 45.4 Å². The Balaban J connectivity index is 1.62. The second-order valence-corrected chi connectivity index (χ2v) is 5.58. The molecule has 0 spiro atoms. The highest BCUT2D eigenvalue weighted by atomic mass is 16.5. The molecule has 1 heterocycles. The number of hydrogen-bond donors (Lipinski definition) is 1. The Hall–Kier alpha value is -2.10. The van der Waals surface area contributed by atoms with Crippen LogP contribution in [-0.2, 0) is 17.6 Å². The van der Waals surface area contributed by atoms with Crippen molar-refractivity contribution in [1.82, 2.24) is 9.97 Å². The summed E-state index contributed by atoms with van der Waals surface area (Å²) >= 11 is 0. The third-order valence-electron chi connectivity index (χ3n) is 3.58. The first-order valence-electron chi connectivity index (χ1n) is 7.92. The van der Waals surface area contributed by atoms with Crippen molar-refractivity contribution in [2.75, 3.05) is 6.61 Å². The topological polar surface area (TPSA) is 55.0 Å². The van der Waals surface area contributed by atoms with Crippen LogP contribution in [0.25, 0.3) is 0 Å². The monoisotopic (exact) mass is 300 g/mol. The number of aryl methyl sites for hydroxylation is 2. The molecule has 1 N–H and O–H groups in total. The van der Waals surface area contributed by atoms with E-state index in [2.05, 4.69) is 22.1 Å². The van der Waals surface area contributed by atoms with Gasteiger partial charge >= 0.3 is 0 Å². The third kappa shape index (κ3) is 6.12. The van der Waals surface area contributed by atoms with Crippen LogP contribution in [0.3, 0.4) is 0 Å². The molecule has 0 atom stereocenters. The average molecular weight is 300 g/mol. The van der Waals surface area contributed by atoms with Gasteiger partial charge in [0, 0.05) is 18.3 Å². The Morgan fingerprint density at radius 1 is 1.14 bits per heavy atom. The zero-order valence-electron chi connectivity index (χ0n) is 13.2. The number of ether oxygens (including phenoxy) is 1. The van der Waals surface area contributed by atoms with Crippen LogP contribution in [0, 0.1) is 0 Å². The molecule has 2 rings (SSSR count). The first kappa shape index (κ1) is 16.3. The standard InChI is InChI=1S/C18H24N2O2/c1-15(21)5-2-3-6-16-8-10-18(11-9-16)22-12-4-7-17-13-19-14-20-17/h8-11,13-14H,2-7,12H2,1H3,(H,19,20). The highest BCUT2D eigenvalue weighted by molar-refractivity contribution is 5.75. The van der Waals surface area contributed by atoms with Crippen molar-refractivity contribution >= 4 is 5.78 Å². The van der Waals surface area contributed by atoms with E-state index in [-0.39, 0.29) is 5.78 Å². The van der Waals surface area contributed by atoms with Gasteiger partial charge in [0.05, 0.1) is 12.9 Å². The molecule has 4 nitrogen and oxygen atoms in total. The molecule has 1 aromatic heterocycles. The molecule has 22 heavy (non-hydrogen) atoms. The lowest BCUT2D eigenvalue weighted by Crippen LogP contribution is -1.99. The van der Waals surface area contributed by atoms with E-state index in [1.54, 1.807) is 13.3 Å². The molecule has 0 amide bonds. The number of rotatable bonds is 10. The van der Waals surface area contributed by atoms with Crippen LogP contribution in [0.2, 0.25) is 0 Å². The zero-order chi connectivity index (χ0) is 15.6. The molecule has 0 saturated heterocycles. The van der Waals surface area contributed by atoms with Gasteiger partial charge in [0.15, 0.2) is 0 Å². The molecular weight excluding hydrogens is 276 g/mol. The quantitative estimate of drug-likeness (QED) is 0.680. The number of aromatic amines is 1. The number of nitrogens with zero attached hydrogens (tertiary/aromatic N) is 1. The highest BCUT2D eigenvalue weighted by Gasteiger charge is 1.99. The minimum atomic E-state index is 0.277. The Morgan fingerprint density at radius 2 is 1.95 bits per heavy atom. The maximum absolute atomic E-state index is 10.9. The summed E-state index contributed by atoms with van der Waals surface area (Å²) in [5, 5.41) is 0. The Bertz CT molecular complexity index is 547. The number of ketones is 1. The molecule has 0 radical (unpaired) electrons. The van der Waals surface area contributed by atoms with Gasteiger partial charge in [-0.25, -0.2) is 4.98 Å². The van der Waals surface area contributed by atoms with Gasteiger partial charge in [0.25, 0.3) is 0 Å². The fraction of sp³-hybridized carbons (Fsp3) is 0.444. The van der Waals surface area contributed by atoms with Gasteiger partial charge in [-0.3, -0.25) is 0 Å². The normalized spacial score (nSPS) is 10.6. The molecular formula is C18H24N2O2. The minimum absolute atomic E-state index is 0.277. The van der Waals surface area contributed by atoms with Crippen LogP contribution >= 0.6 is 0 Å². The van der Waals surface area contributed by atoms with Gasteiger partial charge in [-0.1, -0.05) is 12.1 Å². The number of carbonyl (C=O) groups excluding carboxylic acids is 1. The molecule has 4 heteroatoms. The van der Waals surface area contributed by atoms with E-state index in [1.165, 1.54) is 5.56 Å². The highest BCUT2D eigenvalue weighted by Crippen LogP contribution is 2.15. The number of unbranched alkanes of at least 4 members (excludes halogenated alkanes) is 1. The van der Waals surface area contributed by atoms with Gasteiger partial charge in [0.1, 0.15) is 11.5 Å². The molecule has 0 bridgehead atoms. The molecule has 0 aliphatic rings. The number of aromatic nitrogens is 2. The fourth-order valence-electron chi connectivity index (χ4n) is 2.33. The first-order chi connectivity index (χ1) is 10.7. The van der Waals surface area contributed by atoms with E-state index < -0.39 is 0 Å². The fourth-order valence-corrected chi connectivity index (χ4v) is 2.33. The smallest absolute Gasteiger partial charge is 0.129 e. The van der Waals surface area contributed by atoms with E-state index in [0.717, 1.165) is 43.5 Å². The van der Waals surface area contributed by atoms with Gasteiger partial charge in [-0.05, 0) is 56.7 Å². The van der Waals surface area contributed by atoms with Crippen molar-refractivity contribution in [3.8, 4) is 5.75 Å². The molecule has 0 saturated carbocycles. The van der Waals surface area contributed by atoms with Gasteiger partial charge in [-0.15, -0.1) is 0 Å². The molecule has 2 aromatic rings. The maximum atomic E-state index is 10.9. The molecule has 0 aliphatic carbocycles. The van der Waals surface area contributed by atoms with E-state index in [1.807, 2.05) is 18.3 Å². The summed E-state index contributed by atoms with van der Waals surface area (Å²) in [6.07, 6.45) is 9.21. The second kappa shape index (κ2) is 9.03. The van der Waals surface area contributed by atoms with Crippen LogP contribution in [-0.4, -0.2) is 22.4 Å². The summed E-state index contributed by atoms with van der Waals surface area (Å²) in [7, 11) is 0. The number of H-pyrrole nitrogens is 1. The lowest BCUT2D eigenvalue weighted by atomic mass is 10.1. The number of carbonyl (C=O) groups is 1. The van der Waals surface area contributed by atoms with Gasteiger partial charge < -0.3 is 14.5 Å². The SMILES string of the molecule is CC(=O)CCCCc1ccc(OCCCc2cnc[nH]2)cc1. The first-order valence-corrected chi connectivity index (χ1v) is 7.92. The summed E-state index contributed by atoms with van der Waals surface area (Å²) < 4.78 is 5.74. The minimum Gasteiger partial charge on any atom is -0.494 e. The van der Waals surface area contributed by atoms with E-state index in [4.69, 9.17) is 4.74 Å². The van der Waals surface area contributed by atoms with Crippen molar-refractivity contribution in [2.24, 2.45) is 0 Å². The van der Waals surface area contributed by atoms with Crippen LogP contribution in [0.5, 0.6) is 5.75 Å². The zero-order valence-corrected chi connectivity index (χ0v) is 13.2. The van der Waals surface area contributed by atoms with Crippen molar-refractivity contribution < 1.29 is 9.53 Å². The summed E-state index contributed by atoms with van der Waals surface area (Å²) in [6.45, 7) is 2.36. The van der Waals surface area contributed by atoms with Crippen LogP contribution < -0.4 is 4.74 Å². The van der Waals surface area contributed by atoms with E-state index >= 15 is 0 Å². The molecule has 1 aromatic carbocycles. The molecule has 0 aliphatic heterocycles. The second-order valence-electron chi connectivity index (χ2n) is 5.58. The summed E-state index contributed by atoms with van der Waals surface area (Å²) in [6, 6.07) is 8.27. The molecule has 0 fully saturated rings. The lowest BCUT2D eigenvalue weighted by molar-refractivity contribution is -0.117.